The van der Waals surface area contributed by atoms with Gasteiger partial charge in [-0.05, 0) is 19.1 Å². The zero-order valence-corrected chi connectivity index (χ0v) is 14.4. The molecule has 0 unspecified atom stereocenters. The van der Waals surface area contributed by atoms with E-state index < -0.39 is 17.3 Å². The van der Waals surface area contributed by atoms with Crippen LogP contribution in [0.15, 0.2) is 45.5 Å². The Morgan fingerprint density at radius 2 is 2.21 bits per heavy atom. The van der Waals surface area contributed by atoms with Crippen molar-refractivity contribution in [2.75, 3.05) is 12.4 Å². The maximum atomic E-state index is 12.9. The molecule has 0 radical (unpaired) electrons. The molecule has 0 aromatic heterocycles. The van der Waals surface area contributed by atoms with Crippen LogP contribution in [0.25, 0.3) is 0 Å². The molecule has 2 aliphatic rings. The van der Waals surface area contributed by atoms with Crippen molar-refractivity contribution in [1.82, 2.24) is 0 Å². The van der Waals surface area contributed by atoms with E-state index in [2.05, 4.69) is 21.2 Å². The largest absolute Gasteiger partial charge is 0.466 e. The standard InChI is InChI=1S/C16H12BrN3O4/c1-7-12(14(21)23-2)16(10(6-18)13(19)24-7)9-4-3-8(17)5-11(9)20-15(16)22/h3-5H,19H2,1-2H3,(H,20,22)/t16-/m1/s1. The highest BCUT2D eigenvalue weighted by Crippen LogP contribution is 2.52. The first-order chi connectivity index (χ1) is 11.4. The number of fused-ring (bicyclic) bond motifs is 2. The van der Waals surface area contributed by atoms with Crippen LogP contribution in [0.3, 0.4) is 0 Å². The molecule has 2 aliphatic heterocycles. The predicted octanol–water partition coefficient (Wildman–Crippen LogP) is 1.81. The topological polar surface area (TPSA) is 114 Å². The van der Waals surface area contributed by atoms with Crippen molar-refractivity contribution in [2.24, 2.45) is 5.73 Å². The molecule has 24 heavy (non-hydrogen) atoms. The number of nitrogens with one attached hydrogen (secondary N) is 1. The molecule has 1 aromatic rings. The summed E-state index contributed by atoms with van der Waals surface area (Å²) >= 11 is 3.33. The Morgan fingerprint density at radius 1 is 1.50 bits per heavy atom. The molecule has 1 aromatic carbocycles. The number of hydrogen-bond donors (Lipinski definition) is 2. The third-order valence-corrected chi connectivity index (χ3v) is 4.58. The summed E-state index contributed by atoms with van der Waals surface area (Å²) in [5.74, 6) is -1.42. The summed E-state index contributed by atoms with van der Waals surface area (Å²) in [6.45, 7) is 1.50. The van der Waals surface area contributed by atoms with Crippen LogP contribution in [0.5, 0.6) is 0 Å². The summed E-state index contributed by atoms with van der Waals surface area (Å²) in [4.78, 5) is 25.4. The number of nitrogens with zero attached hydrogens (tertiary/aromatic N) is 1. The van der Waals surface area contributed by atoms with Crippen LogP contribution < -0.4 is 11.1 Å². The minimum Gasteiger partial charge on any atom is -0.466 e. The van der Waals surface area contributed by atoms with E-state index in [1.807, 2.05) is 6.07 Å². The number of halogens is 1. The van der Waals surface area contributed by atoms with Gasteiger partial charge in [-0.2, -0.15) is 5.26 Å². The number of carbonyl (C=O) groups excluding carboxylic acids is 2. The molecule has 7 nitrogen and oxygen atoms in total. The van der Waals surface area contributed by atoms with Gasteiger partial charge in [0.1, 0.15) is 23.0 Å². The molecule has 122 valence electrons. The second-order valence-corrected chi connectivity index (χ2v) is 6.19. The van der Waals surface area contributed by atoms with Crippen LogP contribution in [0.2, 0.25) is 0 Å². The van der Waals surface area contributed by atoms with Gasteiger partial charge in [0.05, 0.1) is 7.11 Å². The molecule has 0 saturated carbocycles. The number of allylic oxidation sites excluding steroid dienone is 1. The normalized spacial score (nSPS) is 22.0. The molecule has 2 heterocycles. The van der Waals surface area contributed by atoms with E-state index in [4.69, 9.17) is 15.2 Å². The van der Waals surface area contributed by atoms with Crippen molar-refractivity contribution in [2.45, 2.75) is 12.3 Å². The van der Waals surface area contributed by atoms with Crippen molar-refractivity contribution in [3.63, 3.8) is 0 Å². The maximum absolute atomic E-state index is 12.9. The smallest absolute Gasteiger partial charge is 0.339 e. The van der Waals surface area contributed by atoms with Crippen LogP contribution in [-0.4, -0.2) is 19.0 Å². The molecule has 1 atom stereocenters. The van der Waals surface area contributed by atoms with Crippen molar-refractivity contribution >= 4 is 33.5 Å². The van der Waals surface area contributed by atoms with Gasteiger partial charge in [0.2, 0.25) is 11.8 Å². The Kier molecular flexibility index (Phi) is 3.61. The molecule has 1 spiro atoms. The number of amides is 1. The summed E-state index contributed by atoms with van der Waals surface area (Å²) in [5, 5.41) is 12.3. The average Bonchev–Trinajstić information content (AvgIpc) is 2.79. The number of anilines is 1. The Labute approximate surface area is 145 Å². The van der Waals surface area contributed by atoms with Crippen LogP contribution in [-0.2, 0) is 24.5 Å². The lowest BCUT2D eigenvalue weighted by molar-refractivity contribution is -0.138. The number of esters is 1. The zero-order chi connectivity index (χ0) is 17.6. The quantitative estimate of drug-likeness (QED) is 0.707. The van der Waals surface area contributed by atoms with E-state index in [-0.39, 0.29) is 22.8 Å². The van der Waals surface area contributed by atoms with Crippen molar-refractivity contribution in [1.29, 1.82) is 5.26 Å². The fourth-order valence-corrected chi connectivity index (χ4v) is 3.52. The molecule has 0 aliphatic carbocycles. The Balaban J connectivity index is 2.44. The number of rotatable bonds is 1. The fraction of sp³-hybridized carbons (Fsp3) is 0.188. The second kappa shape index (κ2) is 5.39. The number of ether oxygens (including phenoxy) is 2. The molecule has 0 bridgehead atoms. The number of hydrogen-bond acceptors (Lipinski definition) is 6. The minimum absolute atomic E-state index is 0.0608. The summed E-state index contributed by atoms with van der Waals surface area (Å²) in [7, 11) is 1.19. The second-order valence-electron chi connectivity index (χ2n) is 5.27. The highest BCUT2D eigenvalue weighted by Gasteiger charge is 2.59. The molecular formula is C16H12BrN3O4. The van der Waals surface area contributed by atoms with E-state index >= 15 is 0 Å². The van der Waals surface area contributed by atoms with Crippen LogP contribution in [0.4, 0.5) is 5.69 Å². The van der Waals surface area contributed by atoms with Gasteiger partial charge in [-0.3, -0.25) is 4.79 Å². The van der Waals surface area contributed by atoms with Crippen LogP contribution in [0, 0.1) is 11.3 Å². The van der Waals surface area contributed by atoms with Crippen LogP contribution in [0.1, 0.15) is 12.5 Å². The number of nitriles is 1. The Hall–Kier alpha value is -2.79. The maximum Gasteiger partial charge on any atom is 0.339 e. The molecular weight excluding hydrogens is 378 g/mol. The van der Waals surface area contributed by atoms with E-state index in [1.54, 1.807) is 18.2 Å². The summed E-state index contributed by atoms with van der Waals surface area (Å²) in [6, 6.07) is 6.97. The van der Waals surface area contributed by atoms with Gasteiger partial charge in [-0.25, -0.2) is 4.79 Å². The van der Waals surface area contributed by atoms with Gasteiger partial charge < -0.3 is 20.5 Å². The molecule has 8 heteroatoms. The van der Waals surface area contributed by atoms with E-state index in [0.717, 1.165) is 4.47 Å². The van der Waals surface area contributed by atoms with Gasteiger partial charge in [-0.15, -0.1) is 0 Å². The molecule has 3 rings (SSSR count). The zero-order valence-electron chi connectivity index (χ0n) is 12.8. The summed E-state index contributed by atoms with van der Waals surface area (Å²) < 4.78 is 10.9. The van der Waals surface area contributed by atoms with Gasteiger partial charge in [0.25, 0.3) is 0 Å². The number of nitrogens with two attached hydrogens (primary N) is 1. The molecule has 3 N–H and O–H groups in total. The van der Waals surface area contributed by atoms with E-state index in [9.17, 15) is 14.9 Å². The monoisotopic (exact) mass is 389 g/mol. The first-order valence-corrected chi connectivity index (χ1v) is 7.66. The molecule has 1 amide bonds. The fourth-order valence-electron chi connectivity index (χ4n) is 3.16. The van der Waals surface area contributed by atoms with Gasteiger partial charge >= 0.3 is 5.97 Å². The molecule has 0 fully saturated rings. The lowest BCUT2D eigenvalue weighted by Gasteiger charge is -2.33. The van der Waals surface area contributed by atoms with E-state index in [0.29, 0.717) is 11.3 Å². The predicted molar refractivity (Wildman–Crippen MR) is 87.1 cm³/mol. The highest BCUT2D eigenvalue weighted by atomic mass is 79.9. The van der Waals surface area contributed by atoms with Gasteiger partial charge in [0, 0.05) is 15.7 Å². The average molecular weight is 390 g/mol. The lowest BCUT2D eigenvalue weighted by atomic mass is 9.68. The Bertz CT molecular complexity index is 897. The summed E-state index contributed by atoms with van der Waals surface area (Å²) in [5.41, 5.74) is 4.87. The number of carbonyl (C=O) groups is 2. The number of benzene rings is 1. The third kappa shape index (κ3) is 1.88. The van der Waals surface area contributed by atoms with Gasteiger partial charge in [-0.1, -0.05) is 22.0 Å². The van der Waals surface area contributed by atoms with E-state index in [1.165, 1.54) is 14.0 Å². The SMILES string of the molecule is COC(=O)C1=C(C)OC(N)=C(C#N)[C@@]12C(=O)Nc1cc(Br)ccc12. The Morgan fingerprint density at radius 3 is 2.83 bits per heavy atom. The van der Waals surface area contributed by atoms with Crippen molar-refractivity contribution in [3.05, 3.63) is 51.0 Å². The van der Waals surface area contributed by atoms with Crippen molar-refractivity contribution in [3.8, 4) is 6.07 Å². The van der Waals surface area contributed by atoms with Gasteiger partial charge in [0.15, 0.2) is 5.41 Å². The third-order valence-electron chi connectivity index (χ3n) is 4.09. The lowest BCUT2D eigenvalue weighted by Crippen LogP contribution is -2.45. The van der Waals surface area contributed by atoms with Crippen molar-refractivity contribution < 1.29 is 19.1 Å². The number of methoxy groups -OCH3 is 1. The van der Waals surface area contributed by atoms with Crippen LogP contribution >= 0.6 is 15.9 Å². The first kappa shape index (κ1) is 16.1. The molecule has 0 saturated heterocycles. The first-order valence-electron chi connectivity index (χ1n) is 6.87. The minimum atomic E-state index is -1.69. The summed E-state index contributed by atoms with van der Waals surface area (Å²) in [6.07, 6.45) is 0. The highest BCUT2D eigenvalue weighted by molar-refractivity contribution is 9.10.